The molecule has 48 valence electrons. The van der Waals surface area contributed by atoms with Crippen molar-refractivity contribution in [1.82, 2.24) is 0 Å². The van der Waals surface area contributed by atoms with E-state index in [0.717, 1.165) is 12.7 Å². The highest BCUT2D eigenvalue weighted by Crippen LogP contribution is 1.98. The molecule has 0 aliphatic heterocycles. The molecule has 0 aromatic rings. The molecule has 0 heterocycles. The lowest BCUT2D eigenvalue weighted by atomic mass is 10.2. The van der Waals surface area contributed by atoms with Crippen LogP contribution in [0.5, 0.6) is 0 Å². The quantitative estimate of drug-likeness (QED) is 0.440. The second-order valence-corrected chi connectivity index (χ2v) is 1.88. The van der Waals surface area contributed by atoms with Crippen LogP contribution < -0.4 is 0 Å². The standard InChI is InChI=1S/C7H14O/c1-2-3-4-5-6-7-8/h6-8H,2-5H2,1H3/b7-6+. The van der Waals surface area contributed by atoms with Crippen LogP contribution in [-0.4, -0.2) is 5.11 Å². The molecule has 0 spiro atoms. The van der Waals surface area contributed by atoms with Gasteiger partial charge in [-0.15, -0.1) is 0 Å². The molecule has 8 heavy (non-hydrogen) atoms. The lowest BCUT2D eigenvalue weighted by Crippen LogP contribution is -1.69. The Morgan fingerprint density at radius 2 is 2.12 bits per heavy atom. The summed E-state index contributed by atoms with van der Waals surface area (Å²) in [5.41, 5.74) is 0. The number of aliphatic hydroxyl groups is 1. The molecule has 0 saturated carbocycles. The monoisotopic (exact) mass is 114 g/mol. The number of hydrogen-bond donors (Lipinski definition) is 1. The lowest BCUT2D eigenvalue weighted by molar-refractivity contribution is 0.470. The summed E-state index contributed by atoms with van der Waals surface area (Å²) in [4.78, 5) is 0. The molecule has 1 nitrogen and oxygen atoms in total. The highest BCUT2D eigenvalue weighted by Gasteiger charge is 1.79. The van der Waals surface area contributed by atoms with Crippen LogP contribution in [0.25, 0.3) is 0 Å². The van der Waals surface area contributed by atoms with Gasteiger partial charge in [-0.3, -0.25) is 0 Å². The summed E-state index contributed by atoms with van der Waals surface area (Å²) in [6.45, 7) is 2.17. The molecule has 0 aliphatic rings. The zero-order valence-electron chi connectivity index (χ0n) is 5.43. The van der Waals surface area contributed by atoms with Gasteiger partial charge in [-0.05, 0) is 12.8 Å². The average Bonchev–Trinajstić information content (AvgIpc) is 1.81. The fraction of sp³-hybridized carbons (Fsp3) is 0.714. The minimum Gasteiger partial charge on any atom is -0.516 e. The molecule has 0 amide bonds. The van der Waals surface area contributed by atoms with E-state index in [-0.39, 0.29) is 0 Å². The molecule has 0 aromatic heterocycles. The zero-order chi connectivity index (χ0) is 6.24. The Hall–Kier alpha value is -0.460. The first-order chi connectivity index (χ1) is 3.91. The first-order valence-corrected chi connectivity index (χ1v) is 3.21. The summed E-state index contributed by atoms with van der Waals surface area (Å²) in [5, 5.41) is 8.19. The van der Waals surface area contributed by atoms with Crippen LogP contribution in [0.4, 0.5) is 0 Å². The molecular formula is C7H14O. The fourth-order valence-electron chi connectivity index (χ4n) is 0.587. The van der Waals surface area contributed by atoms with Crippen LogP contribution in [0.15, 0.2) is 12.3 Å². The molecule has 1 N–H and O–H groups in total. The van der Waals surface area contributed by atoms with E-state index >= 15 is 0 Å². The van der Waals surface area contributed by atoms with Gasteiger partial charge in [0, 0.05) is 0 Å². The van der Waals surface area contributed by atoms with Gasteiger partial charge < -0.3 is 5.11 Å². The second-order valence-electron chi connectivity index (χ2n) is 1.88. The molecule has 0 fully saturated rings. The molecule has 0 rings (SSSR count). The van der Waals surface area contributed by atoms with Gasteiger partial charge in [0.15, 0.2) is 0 Å². The van der Waals surface area contributed by atoms with Gasteiger partial charge in [0.2, 0.25) is 0 Å². The van der Waals surface area contributed by atoms with Crippen molar-refractivity contribution in [2.45, 2.75) is 32.6 Å². The summed E-state index contributed by atoms with van der Waals surface area (Å²) < 4.78 is 0. The average molecular weight is 114 g/mol. The van der Waals surface area contributed by atoms with Gasteiger partial charge in [0.05, 0.1) is 6.26 Å². The summed E-state index contributed by atoms with van der Waals surface area (Å²) >= 11 is 0. The van der Waals surface area contributed by atoms with E-state index in [0.29, 0.717) is 0 Å². The van der Waals surface area contributed by atoms with Crippen LogP contribution in [0, 0.1) is 0 Å². The summed E-state index contributed by atoms with van der Waals surface area (Å²) in [6, 6.07) is 0. The van der Waals surface area contributed by atoms with Crippen molar-refractivity contribution in [3.05, 3.63) is 12.3 Å². The molecule has 0 aromatic carbocycles. The highest BCUT2D eigenvalue weighted by atomic mass is 16.2. The third kappa shape index (κ3) is 5.54. The summed E-state index contributed by atoms with van der Waals surface area (Å²) in [6.07, 6.45) is 7.65. The van der Waals surface area contributed by atoms with E-state index in [1.54, 1.807) is 6.08 Å². The first-order valence-electron chi connectivity index (χ1n) is 3.21. The molecule has 1 heteroatoms. The maximum atomic E-state index is 8.19. The van der Waals surface area contributed by atoms with Crippen molar-refractivity contribution in [3.8, 4) is 0 Å². The van der Waals surface area contributed by atoms with Crippen LogP contribution in [0.2, 0.25) is 0 Å². The molecule has 0 atom stereocenters. The summed E-state index contributed by atoms with van der Waals surface area (Å²) in [5.74, 6) is 0. The largest absolute Gasteiger partial charge is 0.516 e. The van der Waals surface area contributed by atoms with Gasteiger partial charge in [-0.1, -0.05) is 25.8 Å². The normalized spacial score (nSPS) is 10.6. The Morgan fingerprint density at radius 1 is 1.38 bits per heavy atom. The van der Waals surface area contributed by atoms with E-state index in [9.17, 15) is 0 Å². The Balaban J connectivity index is 2.72. The van der Waals surface area contributed by atoms with Gasteiger partial charge in [-0.25, -0.2) is 0 Å². The van der Waals surface area contributed by atoms with Gasteiger partial charge in [-0.2, -0.15) is 0 Å². The lowest BCUT2D eigenvalue weighted by Gasteiger charge is -1.88. The van der Waals surface area contributed by atoms with E-state index < -0.39 is 0 Å². The van der Waals surface area contributed by atoms with Crippen molar-refractivity contribution in [1.29, 1.82) is 0 Å². The number of allylic oxidation sites excluding steroid dienone is 1. The van der Waals surface area contributed by atoms with Crippen LogP contribution in [0.3, 0.4) is 0 Å². The van der Waals surface area contributed by atoms with E-state index in [4.69, 9.17) is 5.11 Å². The van der Waals surface area contributed by atoms with Crippen molar-refractivity contribution in [2.75, 3.05) is 0 Å². The third-order valence-electron chi connectivity index (χ3n) is 1.08. The molecule has 0 unspecified atom stereocenters. The van der Waals surface area contributed by atoms with Crippen LogP contribution in [0.1, 0.15) is 32.6 Å². The fourth-order valence-corrected chi connectivity index (χ4v) is 0.587. The Kier molecular flexibility index (Phi) is 6.16. The van der Waals surface area contributed by atoms with Gasteiger partial charge in [0.25, 0.3) is 0 Å². The molecule has 0 saturated heterocycles. The smallest absolute Gasteiger partial charge is 0.0751 e. The molecular weight excluding hydrogens is 100 g/mol. The first kappa shape index (κ1) is 7.54. The van der Waals surface area contributed by atoms with Gasteiger partial charge >= 0.3 is 0 Å². The number of rotatable bonds is 4. The molecule has 0 bridgehead atoms. The topological polar surface area (TPSA) is 20.2 Å². The van der Waals surface area contributed by atoms with Crippen molar-refractivity contribution < 1.29 is 5.11 Å². The maximum Gasteiger partial charge on any atom is 0.0751 e. The number of unbranched alkanes of at least 4 members (excludes halogenated alkanes) is 3. The predicted molar refractivity (Wildman–Crippen MR) is 35.9 cm³/mol. The van der Waals surface area contributed by atoms with Crippen LogP contribution >= 0.6 is 0 Å². The van der Waals surface area contributed by atoms with Crippen molar-refractivity contribution in [3.63, 3.8) is 0 Å². The maximum absolute atomic E-state index is 8.19. The van der Waals surface area contributed by atoms with E-state index in [1.165, 1.54) is 19.3 Å². The van der Waals surface area contributed by atoms with Crippen molar-refractivity contribution in [2.24, 2.45) is 0 Å². The molecule has 0 aliphatic carbocycles. The third-order valence-corrected chi connectivity index (χ3v) is 1.08. The van der Waals surface area contributed by atoms with Gasteiger partial charge in [0.1, 0.15) is 0 Å². The minimum atomic E-state index is 1.02. The SMILES string of the molecule is CCCCC/C=C/O. The predicted octanol–water partition coefficient (Wildman–Crippen LogP) is 2.64. The second kappa shape index (κ2) is 6.54. The minimum absolute atomic E-state index is 1.02. The molecule has 0 radical (unpaired) electrons. The highest BCUT2D eigenvalue weighted by molar-refractivity contribution is 4.70. The number of aliphatic hydroxyl groups excluding tert-OH is 1. The number of hydrogen-bond acceptors (Lipinski definition) is 1. The Morgan fingerprint density at radius 3 is 2.62 bits per heavy atom. The Labute approximate surface area is 51.0 Å². The summed E-state index contributed by atoms with van der Waals surface area (Å²) in [7, 11) is 0. The van der Waals surface area contributed by atoms with E-state index in [1.807, 2.05) is 0 Å². The van der Waals surface area contributed by atoms with Crippen molar-refractivity contribution >= 4 is 0 Å². The zero-order valence-corrected chi connectivity index (χ0v) is 5.43. The Bertz CT molecular complexity index is 57.4. The van der Waals surface area contributed by atoms with E-state index in [2.05, 4.69) is 6.92 Å². The van der Waals surface area contributed by atoms with Crippen LogP contribution in [-0.2, 0) is 0 Å².